The normalized spacial score (nSPS) is 20.5. The number of rotatable bonds is 7. The second-order valence-electron chi connectivity index (χ2n) is 7.85. The number of halogens is 1. The molecule has 0 spiro atoms. The van der Waals surface area contributed by atoms with Crippen LogP contribution in [0.3, 0.4) is 0 Å². The molecule has 3 amide bonds. The standard InChI is InChI=1S/C22H34FN3O2/c1-5-7-12-24-22(28)26-14-18(21(27)25-16(4)6-2)9-11-20(26)17-8-10-19(23)15(3)13-17/h8,10,13,16,18,20H,5-7,9,11-12,14H2,1-4H3,(H,24,28)(H,25,27). The van der Waals surface area contributed by atoms with Gasteiger partial charge in [0.1, 0.15) is 5.82 Å². The van der Waals surface area contributed by atoms with E-state index < -0.39 is 0 Å². The lowest BCUT2D eigenvalue weighted by Crippen LogP contribution is -2.51. The summed E-state index contributed by atoms with van der Waals surface area (Å²) in [5, 5.41) is 6.01. The number of hydrogen-bond acceptors (Lipinski definition) is 2. The Morgan fingerprint density at radius 1 is 1.29 bits per heavy atom. The minimum atomic E-state index is -0.246. The van der Waals surface area contributed by atoms with E-state index in [2.05, 4.69) is 17.6 Å². The highest BCUT2D eigenvalue weighted by atomic mass is 19.1. The van der Waals surface area contributed by atoms with Crippen LogP contribution in [0.25, 0.3) is 0 Å². The predicted molar refractivity (Wildman–Crippen MR) is 110 cm³/mol. The van der Waals surface area contributed by atoms with Crippen molar-refractivity contribution in [3.05, 3.63) is 35.1 Å². The maximum atomic E-state index is 13.7. The minimum Gasteiger partial charge on any atom is -0.353 e. The van der Waals surface area contributed by atoms with E-state index in [4.69, 9.17) is 0 Å². The first-order chi connectivity index (χ1) is 13.4. The van der Waals surface area contributed by atoms with Gasteiger partial charge in [-0.15, -0.1) is 0 Å². The largest absolute Gasteiger partial charge is 0.353 e. The first-order valence-corrected chi connectivity index (χ1v) is 10.5. The van der Waals surface area contributed by atoms with Crippen molar-refractivity contribution in [2.75, 3.05) is 13.1 Å². The SMILES string of the molecule is CCCCNC(=O)N1CC(C(=O)NC(C)CC)CCC1c1ccc(F)c(C)c1. The Balaban J connectivity index is 2.18. The Morgan fingerprint density at radius 2 is 2.04 bits per heavy atom. The smallest absolute Gasteiger partial charge is 0.317 e. The molecule has 6 heteroatoms. The van der Waals surface area contributed by atoms with E-state index in [1.807, 2.05) is 19.9 Å². The van der Waals surface area contributed by atoms with Crippen LogP contribution in [0.4, 0.5) is 9.18 Å². The summed E-state index contributed by atoms with van der Waals surface area (Å²) in [4.78, 5) is 27.2. The summed E-state index contributed by atoms with van der Waals surface area (Å²) in [5.74, 6) is -0.456. The van der Waals surface area contributed by atoms with Crippen molar-refractivity contribution >= 4 is 11.9 Å². The fourth-order valence-corrected chi connectivity index (χ4v) is 3.57. The van der Waals surface area contributed by atoms with Crippen LogP contribution in [-0.2, 0) is 4.79 Å². The van der Waals surface area contributed by atoms with Crippen molar-refractivity contribution in [2.45, 2.75) is 71.9 Å². The topological polar surface area (TPSA) is 61.4 Å². The van der Waals surface area contributed by atoms with E-state index in [1.165, 1.54) is 6.07 Å². The summed E-state index contributed by atoms with van der Waals surface area (Å²) in [6.07, 6.45) is 4.18. The van der Waals surface area contributed by atoms with Gasteiger partial charge in [0, 0.05) is 19.1 Å². The number of amides is 3. The molecule has 0 radical (unpaired) electrons. The number of carbonyl (C=O) groups excluding carboxylic acids is 2. The number of nitrogens with one attached hydrogen (secondary N) is 2. The van der Waals surface area contributed by atoms with Gasteiger partial charge in [-0.25, -0.2) is 9.18 Å². The molecule has 1 heterocycles. The lowest BCUT2D eigenvalue weighted by Gasteiger charge is -2.39. The molecule has 2 N–H and O–H groups in total. The third-order valence-electron chi connectivity index (χ3n) is 5.59. The maximum absolute atomic E-state index is 13.7. The zero-order valence-electron chi connectivity index (χ0n) is 17.6. The molecule has 1 aromatic rings. The molecule has 0 bridgehead atoms. The summed E-state index contributed by atoms with van der Waals surface area (Å²) < 4.78 is 13.7. The molecule has 1 aliphatic rings. The highest BCUT2D eigenvalue weighted by molar-refractivity contribution is 5.81. The zero-order valence-corrected chi connectivity index (χ0v) is 17.6. The molecule has 2 rings (SSSR count). The first-order valence-electron chi connectivity index (χ1n) is 10.5. The molecule has 0 saturated carbocycles. The van der Waals surface area contributed by atoms with Gasteiger partial charge in [-0.1, -0.05) is 32.4 Å². The van der Waals surface area contributed by atoms with E-state index in [9.17, 15) is 14.0 Å². The molecule has 1 aliphatic heterocycles. The van der Waals surface area contributed by atoms with Crippen molar-refractivity contribution in [3.8, 4) is 0 Å². The third-order valence-corrected chi connectivity index (χ3v) is 5.59. The lowest BCUT2D eigenvalue weighted by molar-refractivity contribution is -0.127. The van der Waals surface area contributed by atoms with Gasteiger partial charge >= 0.3 is 6.03 Å². The fourth-order valence-electron chi connectivity index (χ4n) is 3.57. The van der Waals surface area contributed by atoms with Crippen LogP contribution in [0, 0.1) is 18.7 Å². The number of benzene rings is 1. The summed E-state index contributed by atoms with van der Waals surface area (Å²) in [7, 11) is 0. The van der Waals surface area contributed by atoms with Crippen molar-refractivity contribution < 1.29 is 14.0 Å². The van der Waals surface area contributed by atoms with E-state index in [0.717, 1.165) is 24.8 Å². The van der Waals surface area contributed by atoms with Crippen LogP contribution in [0.2, 0.25) is 0 Å². The summed E-state index contributed by atoms with van der Waals surface area (Å²) in [6, 6.07) is 4.84. The number of piperidine rings is 1. The highest BCUT2D eigenvalue weighted by Crippen LogP contribution is 2.34. The van der Waals surface area contributed by atoms with E-state index in [0.29, 0.717) is 31.5 Å². The number of aryl methyl sites for hydroxylation is 1. The van der Waals surface area contributed by atoms with Gasteiger partial charge in [0.2, 0.25) is 5.91 Å². The Hall–Kier alpha value is -2.11. The molecule has 3 atom stereocenters. The molecule has 0 aliphatic carbocycles. The third kappa shape index (κ3) is 5.69. The molecule has 0 aromatic heterocycles. The Labute approximate surface area is 168 Å². The quantitative estimate of drug-likeness (QED) is 0.680. The molecule has 1 saturated heterocycles. The van der Waals surface area contributed by atoms with Crippen LogP contribution in [-0.4, -0.2) is 36.0 Å². The van der Waals surface area contributed by atoms with Gasteiger partial charge in [0.25, 0.3) is 0 Å². The summed E-state index contributed by atoms with van der Waals surface area (Å²) in [6.45, 7) is 8.82. The van der Waals surface area contributed by atoms with Gasteiger partial charge in [0.05, 0.1) is 12.0 Å². The van der Waals surface area contributed by atoms with Crippen LogP contribution in [0.15, 0.2) is 18.2 Å². The van der Waals surface area contributed by atoms with Crippen LogP contribution >= 0.6 is 0 Å². The molecular formula is C22H34FN3O2. The van der Waals surface area contributed by atoms with E-state index >= 15 is 0 Å². The van der Waals surface area contributed by atoms with Gasteiger partial charge in [-0.3, -0.25) is 4.79 Å². The molecule has 3 unspecified atom stereocenters. The first kappa shape index (κ1) is 22.2. The molecule has 156 valence electrons. The van der Waals surface area contributed by atoms with Gasteiger partial charge in [-0.05, 0) is 56.7 Å². The monoisotopic (exact) mass is 391 g/mol. The Bertz CT molecular complexity index is 680. The average Bonchev–Trinajstić information content (AvgIpc) is 2.69. The second kappa shape index (κ2) is 10.4. The molecule has 5 nitrogen and oxygen atoms in total. The van der Waals surface area contributed by atoms with Gasteiger partial charge < -0.3 is 15.5 Å². The molecular weight excluding hydrogens is 357 g/mol. The second-order valence-corrected chi connectivity index (χ2v) is 7.85. The Morgan fingerprint density at radius 3 is 2.68 bits per heavy atom. The number of urea groups is 1. The summed E-state index contributed by atoms with van der Waals surface area (Å²) >= 11 is 0. The highest BCUT2D eigenvalue weighted by Gasteiger charge is 2.35. The van der Waals surface area contributed by atoms with Gasteiger partial charge in [0.15, 0.2) is 0 Å². The maximum Gasteiger partial charge on any atom is 0.317 e. The number of carbonyl (C=O) groups is 2. The minimum absolute atomic E-state index is 0.00875. The van der Waals surface area contributed by atoms with Crippen LogP contribution in [0.1, 0.15) is 70.0 Å². The van der Waals surface area contributed by atoms with E-state index in [1.54, 1.807) is 17.9 Å². The fraction of sp³-hybridized carbons (Fsp3) is 0.636. The Kier molecular flexibility index (Phi) is 8.27. The number of likely N-dealkylation sites (tertiary alicyclic amines) is 1. The predicted octanol–water partition coefficient (Wildman–Crippen LogP) is 4.31. The average molecular weight is 392 g/mol. The number of hydrogen-bond donors (Lipinski definition) is 2. The van der Waals surface area contributed by atoms with E-state index in [-0.39, 0.29) is 35.8 Å². The molecule has 28 heavy (non-hydrogen) atoms. The molecule has 1 fully saturated rings. The van der Waals surface area contributed by atoms with Crippen molar-refractivity contribution in [2.24, 2.45) is 5.92 Å². The van der Waals surface area contributed by atoms with Crippen LogP contribution in [0.5, 0.6) is 0 Å². The number of unbranched alkanes of at least 4 members (excludes halogenated alkanes) is 1. The van der Waals surface area contributed by atoms with Crippen molar-refractivity contribution in [1.29, 1.82) is 0 Å². The van der Waals surface area contributed by atoms with Crippen LogP contribution < -0.4 is 10.6 Å². The summed E-state index contributed by atoms with van der Waals surface area (Å²) in [5.41, 5.74) is 1.49. The number of nitrogens with zero attached hydrogens (tertiary/aromatic N) is 1. The molecule has 1 aromatic carbocycles. The van der Waals surface area contributed by atoms with Crippen molar-refractivity contribution in [3.63, 3.8) is 0 Å². The lowest BCUT2D eigenvalue weighted by atomic mass is 9.88. The van der Waals surface area contributed by atoms with Gasteiger partial charge in [-0.2, -0.15) is 0 Å². The van der Waals surface area contributed by atoms with Crippen molar-refractivity contribution in [1.82, 2.24) is 15.5 Å². The zero-order chi connectivity index (χ0) is 20.7.